The minimum absolute atomic E-state index is 0. The van der Waals surface area contributed by atoms with Crippen LogP contribution in [0.4, 0.5) is 0 Å². The number of hydrogen-bond acceptors (Lipinski definition) is 2. The van der Waals surface area contributed by atoms with Crippen molar-refractivity contribution in [1.29, 1.82) is 0 Å². The Bertz CT molecular complexity index is 1820. The number of aromatic nitrogens is 3. The summed E-state index contributed by atoms with van der Waals surface area (Å²) >= 11 is 0. The van der Waals surface area contributed by atoms with Gasteiger partial charge in [0.25, 0.3) is 0 Å². The second-order valence-corrected chi connectivity index (χ2v) is 10.9. The first-order valence-corrected chi connectivity index (χ1v) is 13.6. The molecule has 2 aliphatic heterocycles. The maximum absolute atomic E-state index is 11.6. The molecule has 1 saturated heterocycles. The van der Waals surface area contributed by atoms with Crippen molar-refractivity contribution >= 4 is 64.7 Å². The number of aliphatic hydroxyl groups excluding tert-OH is 1. The van der Waals surface area contributed by atoms with E-state index >= 15 is 0 Å². The number of carboxylic acids is 1. The number of rotatable bonds is 5. The van der Waals surface area contributed by atoms with Crippen molar-refractivity contribution in [2.45, 2.75) is 59.4 Å². The van der Waals surface area contributed by atoms with Crippen molar-refractivity contribution in [3.05, 3.63) is 84.3 Å². The number of fused-ring (bicyclic) bond motifs is 8. The first kappa shape index (κ1) is 28.2. The Morgan fingerprint density at radius 3 is 2.55 bits per heavy atom. The van der Waals surface area contributed by atoms with E-state index in [2.05, 4.69) is 26.5 Å². The van der Waals surface area contributed by atoms with Crippen LogP contribution >= 0.6 is 0 Å². The fraction of sp³-hybridized carbons (Fsp3) is 0.344. The first-order valence-electron chi connectivity index (χ1n) is 13.6. The number of allylic oxidation sites excluding steroid dienone is 1. The van der Waals surface area contributed by atoms with Crippen LogP contribution in [0, 0.1) is 25.7 Å². The number of aliphatic carboxylic acids is 1. The third-order valence-electron chi connectivity index (χ3n) is 8.66. The van der Waals surface area contributed by atoms with E-state index in [0.29, 0.717) is 18.6 Å². The zero-order chi connectivity index (χ0) is 27.6. The van der Waals surface area contributed by atoms with Gasteiger partial charge in [-0.15, -0.1) is 33.1 Å². The number of carboxylic acid groups (broad SMARTS) is 1. The molecule has 1 unspecified atom stereocenters. The Kier molecular flexibility index (Phi) is 7.44. The average molecular weight is 545 g/mol. The SMILES string of the molecule is C=Cc1c2[n-]c(c1C)/C=C1/[N-]C(C3=c4[n-]c(c(C)c4=C(O)C3)/C=c3\[n-]/c(cc3CC)=C\2)[C@@H](CCC(=O)O)[C@@H]1C.[Mg+2]. The third kappa shape index (κ3) is 4.47. The van der Waals surface area contributed by atoms with Crippen molar-refractivity contribution in [2.75, 3.05) is 0 Å². The van der Waals surface area contributed by atoms with E-state index in [0.717, 1.165) is 78.3 Å². The van der Waals surface area contributed by atoms with Crippen molar-refractivity contribution in [2.24, 2.45) is 11.8 Å². The normalized spacial score (nSPS) is 23.8. The summed E-state index contributed by atoms with van der Waals surface area (Å²) in [7, 11) is 0. The predicted octanol–water partition coefficient (Wildman–Crippen LogP) is 2.11. The number of nitrogens with zero attached hydrogens (tertiary/aromatic N) is 4. The molecule has 7 nitrogen and oxygen atoms in total. The summed E-state index contributed by atoms with van der Waals surface area (Å²) in [6.45, 7) is 12.3. The van der Waals surface area contributed by atoms with Gasteiger partial charge >= 0.3 is 29.0 Å². The summed E-state index contributed by atoms with van der Waals surface area (Å²) in [5, 5.41) is 29.0. The van der Waals surface area contributed by atoms with Crippen LogP contribution in [0.1, 0.15) is 72.4 Å². The molecule has 1 fully saturated rings. The summed E-state index contributed by atoms with van der Waals surface area (Å²) in [4.78, 5) is 26.5. The molecule has 8 bridgehead atoms. The second kappa shape index (κ2) is 10.6. The zero-order valence-electron chi connectivity index (χ0n) is 23.5. The Morgan fingerprint density at radius 1 is 1.10 bits per heavy atom. The zero-order valence-corrected chi connectivity index (χ0v) is 24.9. The van der Waals surface area contributed by atoms with Gasteiger partial charge in [-0.1, -0.05) is 79.1 Å². The van der Waals surface area contributed by atoms with Crippen LogP contribution in [0.2, 0.25) is 0 Å². The molecule has 40 heavy (non-hydrogen) atoms. The average Bonchev–Trinajstić information content (AvgIpc) is 3.66. The van der Waals surface area contributed by atoms with Gasteiger partial charge in [0, 0.05) is 12.8 Å². The van der Waals surface area contributed by atoms with E-state index in [1.807, 2.05) is 38.2 Å². The molecule has 2 N–H and O–H groups in total. The van der Waals surface area contributed by atoms with Gasteiger partial charge in [0.05, 0.1) is 0 Å². The van der Waals surface area contributed by atoms with E-state index in [9.17, 15) is 15.0 Å². The van der Waals surface area contributed by atoms with E-state index < -0.39 is 5.97 Å². The van der Waals surface area contributed by atoms with Gasteiger partial charge in [-0.05, 0) is 49.3 Å². The Balaban J connectivity index is 0.00000323. The third-order valence-corrected chi connectivity index (χ3v) is 8.66. The van der Waals surface area contributed by atoms with Crippen LogP contribution in [-0.4, -0.2) is 45.3 Å². The smallest absolute Gasteiger partial charge is 0.681 e. The molecule has 3 aromatic rings. The molecule has 3 aliphatic rings. The van der Waals surface area contributed by atoms with E-state index in [-0.39, 0.29) is 47.4 Å². The summed E-state index contributed by atoms with van der Waals surface area (Å²) in [6, 6.07) is 1.83. The van der Waals surface area contributed by atoms with E-state index in [1.54, 1.807) is 0 Å². The molecule has 3 aromatic heterocycles. The summed E-state index contributed by atoms with van der Waals surface area (Å²) < 4.78 is 0. The van der Waals surface area contributed by atoms with Crippen molar-refractivity contribution in [1.82, 2.24) is 15.0 Å². The summed E-state index contributed by atoms with van der Waals surface area (Å²) in [5.74, 6) is -0.517. The number of hydrogen-bond donors (Lipinski definition) is 2. The van der Waals surface area contributed by atoms with Gasteiger partial charge in [-0.25, -0.2) is 0 Å². The van der Waals surface area contributed by atoms with Crippen LogP contribution in [0.3, 0.4) is 0 Å². The summed E-state index contributed by atoms with van der Waals surface area (Å²) in [5.41, 5.74) is 8.32. The fourth-order valence-electron chi connectivity index (χ4n) is 6.46. The monoisotopic (exact) mass is 544 g/mol. The number of aryl methyl sites for hydroxylation is 1. The van der Waals surface area contributed by atoms with Crippen LogP contribution in [0.15, 0.2) is 18.3 Å². The fourth-order valence-corrected chi connectivity index (χ4v) is 6.46. The largest absolute Gasteiger partial charge is 2.00 e. The van der Waals surface area contributed by atoms with E-state index in [1.165, 1.54) is 0 Å². The molecule has 202 valence electrons. The number of carbonyl (C=O) groups is 1. The molecule has 0 saturated carbocycles. The molecule has 0 aromatic carbocycles. The molecule has 0 radical (unpaired) electrons. The van der Waals surface area contributed by atoms with Gasteiger partial charge in [0.2, 0.25) is 0 Å². The summed E-state index contributed by atoms with van der Waals surface area (Å²) in [6.07, 6.45) is 9.63. The van der Waals surface area contributed by atoms with Crippen molar-refractivity contribution < 1.29 is 15.0 Å². The molecule has 3 atom stereocenters. The molecular formula is C32H32MgN4O3-2. The molecule has 8 heteroatoms. The molecule has 6 rings (SSSR count). The van der Waals surface area contributed by atoms with Crippen LogP contribution < -0.4 is 36.2 Å². The van der Waals surface area contributed by atoms with Crippen molar-refractivity contribution in [3.63, 3.8) is 0 Å². The van der Waals surface area contributed by atoms with Crippen LogP contribution in [0.25, 0.3) is 41.0 Å². The van der Waals surface area contributed by atoms with Gasteiger partial charge in [0.1, 0.15) is 5.76 Å². The Labute approximate surface area is 249 Å². The van der Waals surface area contributed by atoms with Gasteiger partial charge in [-0.2, -0.15) is 5.70 Å². The predicted molar refractivity (Wildman–Crippen MR) is 158 cm³/mol. The van der Waals surface area contributed by atoms with Gasteiger partial charge in [-0.3, -0.25) is 4.79 Å². The molecule has 1 aliphatic carbocycles. The molecule has 0 amide bonds. The van der Waals surface area contributed by atoms with Crippen LogP contribution in [0.5, 0.6) is 0 Å². The minimum atomic E-state index is -0.820. The Morgan fingerprint density at radius 2 is 1.85 bits per heavy atom. The Hall–Kier alpha value is -3.36. The molecule has 5 heterocycles. The van der Waals surface area contributed by atoms with Crippen molar-refractivity contribution in [3.8, 4) is 0 Å². The van der Waals surface area contributed by atoms with E-state index in [4.69, 9.17) is 20.3 Å². The maximum Gasteiger partial charge on any atom is 2.00 e. The molecule has 0 spiro atoms. The van der Waals surface area contributed by atoms with Crippen LogP contribution in [-0.2, 0) is 11.2 Å². The second-order valence-electron chi connectivity index (χ2n) is 10.9. The first-order chi connectivity index (χ1) is 18.7. The van der Waals surface area contributed by atoms with Gasteiger partial charge in [0.15, 0.2) is 0 Å². The quantitative estimate of drug-likeness (QED) is 0.476. The number of aliphatic hydroxyl groups is 1. The maximum atomic E-state index is 11.6. The minimum Gasteiger partial charge on any atom is -0.681 e. The topological polar surface area (TPSA) is 114 Å². The molecular weight excluding hydrogens is 513 g/mol. The van der Waals surface area contributed by atoms with Gasteiger partial charge < -0.3 is 30.5 Å². The standard InChI is InChI=1S/C32H32N4O3.Mg/c1-6-18-10-19-11-27-20(7-2)15(3)23(34-27)13-24-16(4)21(8-9-29(38)39)31(35-24)22-12-28(37)30-17(5)25(36-32(22)30)14-26(18)33-19;/h7,10-11,13-14,16,21,31,37H,2,6,8-9,12H2,1,3-5H3,(H,38,39);/q-4;+2/b19-11-,24-13+,26-14-;/t16-,21-,31?;/m0./s1.